The van der Waals surface area contributed by atoms with Gasteiger partial charge in [0.25, 0.3) is 5.95 Å². The highest BCUT2D eigenvalue weighted by molar-refractivity contribution is 5.37. The van der Waals surface area contributed by atoms with Crippen molar-refractivity contribution in [2.75, 3.05) is 10.4 Å². The second-order valence-corrected chi connectivity index (χ2v) is 11.9. The van der Waals surface area contributed by atoms with Crippen molar-refractivity contribution in [2.24, 2.45) is 0 Å². The second-order valence-electron chi connectivity index (χ2n) is 11.9. The van der Waals surface area contributed by atoms with Crippen molar-refractivity contribution in [1.82, 2.24) is 25.6 Å². The molecule has 1 aromatic rings. The molecule has 8 heteroatoms. The first-order valence-electron chi connectivity index (χ1n) is 11.1. The Bertz CT molecular complexity index is 743. The highest BCUT2D eigenvalue weighted by atomic mass is 16.5. The van der Waals surface area contributed by atoms with Crippen molar-refractivity contribution < 1.29 is 5.21 Å². The molecule has 3 rings (SSSR count). The summed E-state index contributed by atoms with van der Waals surface area (Å²) in [7, 11) is 0. The first-order chi connectivity index (χ1) is 13.5. The molecule has 30 heavy (non-hydrogen) atoms. The van der Waals surface area contributed by atoms with E-state index < -0.39 is 0 Å². The molecular formula is C22H41N7O. The number of aryl methyl sites for hydroxylation is 1. The van der Waals surface area contributed by atoms with E-state index in [1.165, 1.54) is 5.06 Å². The van der Waals surface area contributed by atoms with Crippen molar-refractivity contribution in [3.8, 4) is 0 Å². The third kappa shape index (κ3) is 5.80. The number of anilines is 2. The third-order valence-corrected chi connectivity index (χ3v) is 5.98. The van der Waals surface area contributed by atoms with Crippen molar-refractivity contribution in [3.63, 3.8) is 0 Å². The quantitative estimate of drug-likeness (QED) is 0.551. The van der Waals surface area contributed by atoms with Gasteiger partial charge in [-0.2, -0.15) is 15.0 Å². The van der Waals surface area contributed by atoms with Gasteiger partial charge in [0.15, 0.2) is 0 Å². The van der Waals surface area contributed by atoms with Gasteiger partial charge in [-0.3, -0.25) is 5.21 Å². The molecule has 0 atom stereocenters. The van der Waals surface area contributed by atoms with Gasteiger partial charge in [0.05, 0.1) is 6.04 Å². The number of hydroxylamine groups is 1. The van der Waals surface area contributed by atoms with Gasteiger partial charge in [-0.05, 0) is 88.0 Å². The van der Waals surface area contributed by atoms with Crippen LogP contribution in [0.3, 0.4) is 0 Å². The molecule has 0 aliphatic carbocycles. The summed E-state index contributed by atoms with van der Waals surface area (Å²) >= 11 is 0. The Kier molecular flexibility index (Phi) is 5.84. The summed E-state index contributed by atoms with van der Waals surface area (Å²) in [5.41, 5.74) is -0.106. The van der Waals surface area contributed by atoms with E-state index in [9.17, 15) is 5.21 Å². The van der Waals surface area contributed by atoms with E-state index in [2.05, 4.69) is 86.3 Å². The summed E-state index contributed by atoms with van der Waals surface area (Å²) < 4.78 is 0. The topological polar surface area (TPSA) is 98.2 Å². The van der Waals surface area contributed by atoms with Crippen LogP contribution in [-0.2, 0) is 0 Å². The number of nitrogens with zero attached hydrogens (tertiary/aromatic N) is 4. The smallest absolute Gasteiger partial charge is 0.254 e. The van der Waals surface area contributed by atoms with E-state index in [1.807, 2.05) is 6.92 Å². The lowest BCUT2D eigenvalue weighted by Gasteiger charge is -2.48. The average Bonchev–Trinajstić information content (AvgIpc) is 2.47. The van der Waals surface area contributed by atoms with E-state index in [1.54, 1.807) is 0 Å². The zero-order valence-corrected chi connectivity index (χ0v) is 20.2. The summed E-state index contributed by atoms with van der Waals surface area (Å²) in [5.74, 6) is 1.44. The molecule has 170 valence electrons. The summed E-state index contributed by atoms with van der Waals surface area (Å²) in [4.78, 5) is 13.5. The molecule has 0 spiro atoms. The lowest BCUT2D eigenvalue weighted by molar-refractivity contribution is 0.101. The molecule has 0 unspecified atom stereocenters. The molecule has 8 nitrogen and oxygen atoms in total. The lowest BCUT2D eigenvalue weighted by Crippen LogP contribution is -2.62. The SMILES string of the molecule is Cc1nc(NC2CC(C)(C)NC(C)(C)C2)nc(N(O)C2CC(C)(C)NC(C)(C)C2)n1. The number of aromatic nitrogens is 3. The zero-order valence-electron chi connectivity index (χ0n) is 20.2. The first kappa shape index (κ1) is 23.2. The maximum Gasteiger partial charge on any atom is 0.254 e. The molecule has 2 aliphatic heterocycles. The van der Waals surface area contributed by atoms with Gasteiger partial charge < -0.3 is 16.0 Å². The molecule has 1 aromatic heterocycles. The van der Waals surface area contributed by atoms with E-state index in [0.717, 1.165) is 25.7 Å². The van der Waals surface area contributed by atoms with Crippen molar-refractivity contribution in [3.05, 3.63) is 5.82 Å². The molecule has 2 saturated heterocycles. The number of hydrogen-bond donors (Lipinski definition) is 4. The standard InChI is InChI=1S/C22H41N7O/c1-14-23-17(25-15-10-19(2,3)27-20(4,5)11-15)26-18(24-14)29(30)16-12-21(6,7)28-22(8,9)13-16/h15-16,27-28,30H,10-13H2,1-9H3,(H,23,24,25,26). The Labute approximate surface area is 181 Å². The van der Waals surface area contributed by atoms with E-state index in [-0.39, 0.29) is 34.2 Å². The van der Waals surface area contributed by atoms with Crippen LogP contribution in [0, 0.1) is 6.92 Å². The maximum atomic E-state index is 11.0. The normalized spacial score (nSPS) is 25.7. The number of nitrogens with one attached hydrogen (secondary N) is 3. The molecule has 0 saturated carbocycles. The van der Waals surface area contributed by atoms with Crippen LogP contribution in [0.1, 0.15) is 86.9 Å². The molecule has 0 bridgehead atoms. The van der Waals surface area contributed by atoms with E-state index in [4.69, 9.17) is 0 Å². The summed E-state index contributed by atoms with van der Waals surface area (Å²) in [6.07, 6.45) is 3.54. The fourth-order valence-electron chi connectivity index (χ4n) is 5.85. The Morgan fingerprint density at radius 3 is 1.77 bits per heavy atom. The second kappa shape index (κ2) is 7.57. The Hall–Kier alpha value is -1.51. The zero-order chi connectivity index (χ0) is 22.5. The van der Waals surface area contributed by atoms with Gasteiger partial charge in [-0.25, -0.2) is 5.06 Å². The lowest BCUT2D eigenvalue weighted by atomic mass is 9.79. The monoisotopic (exact) mass is 419 g/mol. The summed E-state index contributed by atoms with van der Waals surface area (Å²) in [6, 6.07) is 0.178. The van der Waals surface area contributed by atoms with Crippen molar-refractivity contribution in [1.29, 1.82) is 0 Å². The third-order valence-electron chi connectivity index (χ3n) is 5.98. The minimum atomic E-state index is -0.0805. The summed E-state index contributed by atoms with van der Waals surface area (Å²) in [5, 5.41) is 23.2. The summed E-state index contributed by atoms with van der Waals surface area (Å²) in [6.45, 7) is 19.4. The predicted molar refractivity (Wildman–Crippen MR) is 121 cm³/mol. The van der Waals surface area contributed by atoms with Gasteiger partial charge in [0.2, 0.25) is 5.95 Å². The average molecular weight is 420 g/mol. The van der Waals surface area contributed by atoms with Crippen LogP contribution in [0.4, 0.5) is 11.9 Å². The van der Waals surface area contributed by atoms with Crippen LogP contribution in [0.15, 0.2) is 0 Å². The highest BCUT2D eigenvalue weighted by Gasteiger charge is 2.41. The fraction of sp³-hybridized carbons (Fsp3) is 0.864. The minimum absolute atomic E-state index is 0.0274. The van der Waals surface area contributed by atoms with Gasteiger partial charge in [-0.1, -0.05) is 0 Å². The fourth-order valence-corrected chi connectivity index (χ4v) is 5.85. The molecule has 0 aromatic carbocycles. The van der Waals surface area contributed by atoms with E-state index in [0.29, 0.717) is 17.7 Å². The molecule has 4 N–H and O–H groups in total. The molecule has 3 heterocycles. The van der Waals surface area contributed by atoms with Crippen LogP contribution in [0.5, 0.6) is 0 Å². The molecule has 2 aliphatic rings. The van der Waals surface area contributed by atoms with Crippen molar-refractivity contribution >= 4 is 11.9 Å². The predicted octanol–water partition coefficient (Wildman–Crippen LogP) is 3.41. The van der Waals surface area contributed by atoms with Crippen LogP contribution in [0.2, 0.25) is 0 Å². The Morgan fingerprint density at radius 2 is 1.27 bits per heavy atom. The molecule has 0 radical (unpaired) electrons. The number of hydrogen-bond acceptors (Lipinski definition) is 8. The molecule has 0 amide bonds. The minimum Gasteiger partial charge on any atom is -0.351 e. The number of rotatable bonds is 4. The van der Waals surface area contributed by atoms with Crippen LogP contribution in [-0.4, -0.2) is 54.4 Å². The molecular weight excluding hydrogens is 378 g/mol. The van der Waals surface area contributed by atoms with E-state index >= 15 is 0 Å². The van der Waals surface area contributed by atoms with Gasteiger partial charge >= 0.3 is 0 Å². The highest BCUT2D eigenvalue weighted by Crippen LogP contribution is 2.33. The van der Waals surface area contributed by atoms with Crippen LogP contribution < -0.4 is 21.0 Å². The maximum absolute atomic E-state index is 11.0. The number of piperidine rings is 2. The van der Waals surface area contributed by atoms with Gasteiger partial charge in [0.1, 0.15) is 5.82 Å². The van der Waals surface area contributed by atoms with Crippen LogP contribution >= 0.6 is 0 Å². The largest absolute Gasteiger partial charge is 0.351 e. The Morgan fingerprint density at radius 1 is 0.800 bits per heavy atom. The molecule has 2 fully saturated rings. The van der Waals surface area contributed by atoms with Gasteiger partial charge in [0, 0.05) is 28.2 Å². The first-order valence-corrected chi connectivity index (χ1v) is 11.1. The van der Waals surface area contributed by atoms with Crippen LogP contribution in [0.25, 0.3) is 0 Å². The van der Waals surface area contributed by atoms with Crippen molar-refractivity contribution in [2.45, 2.75) is 122 Å². The Balaban J connectivity index is 1.80. The van der Waals surface area contributed by atoms with Gasteiger partial charge in [-0.15, -0.1) is 0 Å².